The summed E-state index contributed by atoms with van der Waals surface area (Å²) in [4.78, 5) is 12.7. The summed E-state index contributed by atoms with van der Waals surface area (Å²) >= 11 is 0. The summed E-state index contributed by atoms with van der Waals surface area (Å²) in [5, 5.41) is 0. The summed E-state index contributed by atoms with van der Waals surface area (Å²) < 4.78 is 40.9. The Morgan fingerprint density at radius 3 is 2.14 bits per heavy atom. The molecule has 0 aliphatic heterocycles. The Morgan fingerprint density at radius 1 is 0.861 bits per heavy atom. The van der Waals surface area contributed by atoms with E-state index >= 15 is 0 Å². The van der Waals surface area contributed by atoms with E-state index in [2.05, 4.69) is 20.8 Å². The lowest BCUT2D eigenvalue weighted by atomic mass is 9.69. The van der Waals surface area contributed by atoms with Crippen molar-refractivity contribution in [2.75, 3.05) is 0 Å². The van der Waals surface area contributed by atoms with Crippen LogP contribution in [0.25, 0.3) is 0 Å². The van der Waals surface area contributed by atoms with E-state index in [1.165, 1.54) is 44.2 Å². The molecule has 0 spiro atoms. The van der Waals surface area contributed by atoms with Crippen LogP contribution >= 0.6 is 0 Å². The summed E-state index contributed by atoms with van der Waals surface area (Å²) in [6.07, 6.45) is 15.7. The number of hydrogen-bond donors (Lipinski definition) is 0. The summed E-state index contributed by atoms with van der Waals surface area (Å²) in [6.45, 7) is 6.93. The molecule has 202 valence electrons. The number of benzene rings is 1. The van der Waals surface area contributed by atoms with E-state index in [-0.39, 0.29) is 29.9 Å². The van der Waals surface area contributed by atoms with Gasteiger partial charge in [-0.1, -0.05) is 59.3 Å². The molecule has 4 rings (SSSR count). The minimum absolute atomic E-state index is 0.0364. The van der Waals surface area contributed by atoms with Crippen LogP contribution < -0.4 is 4.74 Å². The fourth-order valence-corrected chi connectivity index (χ4v) is 6.89. The molecular formula is C31H46F2O3. The van der Waals surface area contributed by atoms with Gasteiger partial charge < -0.3 is 9.47 Å². The monoisotopic (exact) mass is 504 g/mol. The quantitative estimate of drug-likeness (QED) is 0.262. The summed E-state index contributed by atoms with van der Waals surface area (Å²) in [6, 6.07) is 2.87. The zero-order valence-electron chi connectivity index (χ0n) is 22.6. The molecule has 1 aromatic carbocycles. The number of carbonyl (C=O) groups is 1. The van der Waals surface area contributed by atoms with Crippen molar-refractivity contribution in [3.8, 4) is 5.75 Å². The first-order valence-corrected chi connectivity index (χ1v) is 14.6. The Balaban J connectivity index is 1.24. The highest BCUT2D eigenvalue weighted by Gasteiger charge is 2.34. The van der Waals surface area contributed by atoms with Crippen molar-refractivity contribution in [1.82, 2.24) is 0 Å². The first-order valence-electron chi connectivity index (χ1n) is 14.6. The number of hydrogen-bond acceptors (Lipinski definition) is 3. The largest absolute Gasteiger partial charge is 0.423 e. The van der Waals surface area contributed by atoms with Crippen molar-refractivity contribution in [3.05, 3.63) is 29.3 Å². The number of ether oxygens (including phenoxy) is 2. The Kier molecular flexibility index (Phi) is 9.46. The van der Waals surface area contributed by atoms with Crippen LogP contribution in [0.5, 0.6) is 5.75 Å². The lowest BCUT2D eigenvalue weighted by molar-refractivity contribution is -0.140. The van der Waals surface area contributed by atoms with Crippen molar-refractivity contribution >= 4 is 5.97 Å². The average molecular weight is 505 g/mol. The molecule has 3 saturated carbocycles. The van der Waals surface area contributed by atoms with Crippen LogP contribution in [0, 0.1) is 40.7 Å². The molecule has 3 aliphatic carbocycles. The standard InChI is InChI=1S/C31H46F2O3/c1-4-31(2,3)25-15-17-26(18-16-25)35-20-24-14-19-27(29(33)28(24)32)36-30(34)23-12-10-22(11-13-23)21-8-6-5-7-9-21/h14,19,21-23,25-26H,4-13,15-18,20H2,1-3H3. The summed E-state index contributed by atoms with van der Waals surface area (Å²) in [5.41, 5.74) is 0.513. The van der Waals surface area contributed by atoms with E-state index in [0.29, 0.717) is 17.3 Å². The van der Waals surface area contributed by atoms with Gasteiger partial charge in [-0.3, -0.25) is 4.79 Å². The maximum atomic E-state index is 14.8. The van der Waals surface area contributed by atoms with E-state index in [9.17, 15) is 13.6 Å². The van der Waals surface area contributed by atoms with Crippen LogP contribution in [0.3, 0.4) is 0 Å². The summed E-state index contributed by atoms with van der Waals surface area (Å²) in [7, 11) is 0. The molecule has 0 unspecified atom stereocenters. The third kappa shape index (κ3) is 6.68. The molecule has 3 aliphatic rings. The number of rotatable bonds is 8. The van der Waals surface area contributed by atoms with Crippen molar-refractivity contribution < 1.29 is 23.0 Å². The lowest BCUT2D eigenvalue weighted by Gasteiger charge is -2.38. The molecule has 0 heterocycles. The molecule has 0 amide bonds. The minimum atomic E-state index is -1.09. The van der Waals surface area contributed by atoms with Crippen LogP contribution in [0.2, 0.25) is 0 Å². The van der Waals surface area contributed by atoms with Crippen molar-refractivity contribution in [3.63, 3.8) is 0 Å². The number of carbonyl (C=O) groups excluding carboxylic acids is 1. The SMILES string of the molecule is CCC(C)(C)C1CCC(OCc2ccc(OC(=O)C3CCC(C4CCCCC4)CC3)c(F)c2F)CC1. The lowest BCUT2D eigenvalue weighted by Crippen LogP contribution is -2.30. The zero-order chi connectivity index (χ0) is 25.7. The van der Waals surface area contributed by atoms with Gasteiger partial charge in [-0.05, 0) is 86.7 Å². The smallest absolute Gasteiger partial charge is 0.314 e. The van der Waals surface area contributed by atoms with Gasteiger partial charge in [-0.25, -0.2) is 4.39 Å². The minimum Gasteiger partial charge on any atom is -0.423 e. The van der Waals surface area contributed by atoms with Gasteiger partial charge in [-0.2, -0.15) is 4.39 Å². The molecule has 5 heteroatoms. The maximum absolute atomic E-state index is 14.8. The van der Waals surface area contributed by atoms with Gasteiger partial charge in [0.1, 0.15) is 0 Å². The molecule has 3 fully saturated rings. The fraction of sp³-hybridized carbons (Fsp3) is 0.774. The van der Waals surface area contributed by atoms with Crippen LogP contribution in [0.15, 0.2) is 12.1 Å². The van der Waals surface area contributed by atoms with Crippen molar-refractivity contribution in [2.24, 2.45) is 29.1 Å². The molecule has 1 aromatic rings. The van der Waals surface area contributed by atoms with E-state index in [4.69, 9.17) is 9.47 Å². The zero-order valence-corrected chi connectivity index (χ0v) is 22.6. The first kappa shape index (κ1) is 27.5. The molecule has 0 atom stereocenters. The predicted molar refractivity (Wildman–Crippen MR) is 139 cm³/mol. The summed E-state index contributed by atoms with van der Waals surface area (Å²) in [5.74, 6) is -0.817. The number of halogens is 2. The van der Waals surface area contributed by atoms with Gasteiger partial charge in [0.2, 0.25) is 5.82 Å². The van der Waals surface area contributed by atoms with Gasteiger partial charge >= 0.3 is 5.97 Å². The van der Waals surface area contributed by atoms with Crippen LogP contribution in [-0.4, -0.2) is 12.1 Å². The topological polar surface area (TPSA) is 35.5 Å². The first-order chi connectivity index (χ1) is 17.3. The second kappa shape index (κ2) is 12.4. The fourth-order valence-electron chi connectivity index (χ4n) is 6.89. The van der Waals surface area contributed by atoms with Gasteiger partial charge in [0, 0.05) is 5.56 Å². The molecule has 0 bridgehead atoms. The van der Waals surface area contributed by atoms with E-state index < -0.39 is 17.6 Å². The highest BCUT2D eigenvalue weighted by Crippen LogP contribution is 2.42. The van der Waals surface area contributed by atoms with Crippen molar-refractivity contribution in [2.45, 2.75) is 123 Å². The molecule has 3 nitrogen and oxygen atoms in total. The Labute approximate surface area is 216 Å². The van der Waals surface area contributed by atoms with E-state index in [0.717, 1.165) is 63.7 Å². The van der Waals surface area contributed by atoms with Gasteiger partial charge in [0.15, 0.2) is 11.6 Å². The highest BCUT2D eigenvalue weighted by molar-refractivity contribution is 5.75. The molecule has 0 N–H and O–H groups in total. The normalized spacial score (nSPS) is 28.1. The van der Waals surface area contributed by atoms with Gasteiger partial charge in [-0.15, -0.1) is 0 Å². The maximum Gasteiger partial charge on any atom is 0.314 e. The average Bonchev–Trinajstić information content (AvgIpc) is 2.91. The Hall–Kier alpha value is -1.49. The van der Waals surface area contributed by atoms with Crippen LogP contribution in [0.1, 0.15) is 116 Å². The second-order valence-corrected chi connectivity index (χ2v) is 12.4. The highest BCUT2D eigenvalue weighted by atomic mass is 19.2. The molecular weight excluding hydrogens is 458 g/mol. The van der Waals surface area contributed by atoms with E-state index in [1.54, 1.807) is 0 Å². The molecule has 0 radical (unpaired) electrons. The molecule has 36 heavy (non-hydrogen) atoms. The third-order valence-corrected chi connectivity index (χ3v) is 9.92. The molecule has 0 saturated heterocycles. The second-order valence-electron chi connectivity index (χ2n) is 12.4. The Morgan fingerprint density at radius 2 is 1.50 bits per heavy atom. The molecule has 0 aromatic heterocycles. The van der Waals surface area contributed by atoms with E-state index in [1.807, 2.05) is 0 Å². The third-order valence-electron chi connectivity index (χ3n) is 9.92. The van der Waals surface area contributed by atoms with Crippen LogP contribution in [-0.2, 0) is 16.1 Å². The number of esters is 1. The van der Waals surface area contributed by atoms with Crippen molar-refractivity contribution in [1.29, 1.82) is 0 Å². The van der Waals surface area contributed by atoms with Gasteiger partial charge in [0.25, 0.3) is 0 Å². The predicted octanol–water partition coefficient (Wildman–Crippen LogP) is 8.77. The van der Waals surface area contributed by atoms with Crippen LogP contribution in [0.4, 0.5) is 8.78 Å². The van der Waals surface area contributed by atoms with Gasteiger partial charge in [0.05, 0.1) is 18.6 Å². The Bertz CT molecular complexity index is 861.